The van der Waals surface area contributed by atoms with Crippen LogP contribution >= 0.6 is 23.5 Å². The maximum Gasteiger partial charge on any atom is 0.269 e. The zero-order valence-corrected chi connectivity index (χ0v) is 19.8. The highest BCUT2D eigenvalue weighted by Crippen LogP contribution is 2.50. The van der Waals surface area contributed by atoms with E-state index in [9.17, 15) is 4.79 Å². The number of carbonyl (C=O) groups excluding carboxylic acids is 1. The number of thioether (sulfide) groups is 2. The van der Waals surface area contributed by atoms with Gasteiger partial charge in [-0.3, -0.25) is 9.69 Å². The molecule has 162 valence electrons. The summed E-state index contributed by atoms with van der Waals surface area (Å²) in [5.41, 5.74) is 1.99. The van der Waals surface area contributed by atoms with Crippen LogP contribution in [0.15, 0.2) is 68.4 Å². The first kappa shape index (κ1) is 21.8. The molecule has 31 heavy (non-hydrogen) atoms. The molecule has 0 spiro atoms. The van der Waals surface area contributed by atoms with Crippen LogP contribution in [0.1, 0.15) is 33.6 Å². The topological polar surface area (TPSA) is 45.1 Å². The second-order valence-electron chi connectivity index (χ2n) is 7.18. The van der Waals surface area contributed by atoms with Gasteiger partial charge in [0.25, 0.3) is 5.91 Å². The third kappa shape index (κ3) is 4.48. The van der Waals surface area contributed by atoms with Gasteiger partial charge in [-0.15, -0.1) is 0 Å². The summed E-state index contributed by atoms with van der Waals surface area (Å²) in [5.74, 6) is 0.878. The summed E-state index contributed by atoms with van der Waals surface area (Å²) in [7, 11) is 0. The van der Waals surface area contributed by atoms with Crippen LogP contribution in [0.4, 0.5) is 11.4 Å². The van der Waals surface area contributed by atoms with Crippen LogP contribution in [-0.4, -0.2) is 35.7 Å². The zero-order chi connectivity index (χ0) is 21.8. The second kappa shape index (κ2) is 9.83. The lowest BCUT2D eigenvalue weighted by Crippen LogP contribution is -2.30. The van der Waals surface area contributed by atoms with Crippen molar-refractivity contribution < 1.29 is 9.53 Å². The van der Waals surface area contributed by atoms with Gasteiger partial charge in [0, 0.05) is 18.0 Å². The second-order valence-corrected chi connectivity index (χ2v) is 9.19. The van der Waals surface area contributed by atoms with E-state index in [-0.39, 0.29) is 5.91 Å². The van der Waals surface area contributed by atoms with Gasteiger partial charge in [0.15, 0.2) is 5.17 Å². The molecule has 0 aliphatic carbocycles. The number of benzene rings is 2. The minimum absolute atomic E-state index is 0.0527. The number of unbranched alkanes of at least 4 members (excludes halogenated alkanes) is 1. The van der Waals surface area contributed by atoms with Crippen molar-refractivity contribution in [2.75, 3.05) is 24.6 Å². The summed E-state index contributed by atoms with van der Waals surface area (Å²) in [6.07, 6.45) is 1.97. The average Bonchev–Trinajstić information content (AvgIpc) is 3.30. The van der Waals surface area contributed by atoms with Gasteiger partial charge in [0.05, 0.1) is 18.0 Å². The molecule has 2 aliphatic heterocycles. The Morgan fingerprint density at radius 1 is 0.968 bits per heavy atom. The molecule has 2 aromatic carbocycles. The van der Waals surface area contributed by atoms with E-state index >= 15 is 0 Å². The number of carbonyl (C=O) groups is 1. The largest absolute Gasteiger partial charge is 0.494 e. The van der Waals surface area contributed by atoms with Gasteiger partial charge in [-0.1, -0.05) is 37.2 Å². The van der Waals surface area contributed by atoms with E-state index in [0.717, 1.165) is 45.9 Å². The Morgan fingerprint density at radius 3 is 2.45 bits per heavy atom. The SMILES string of the molecule is CCCCN1C(=O)/C(=C2/Sc3ccccc3N2CC)SC1=Nc1ccc(OCC)cc1. The minimum Gasteiger partial charge on any atom is -0.494 e. The van der Waals surface area contributed by atoms with Gasteiger partial charge < -0.3 is 9.64 Å². The van der Waals surface area contributed by atoms with E-state index in [1.165, 1.54) is 22.3 Å². The van der Waals surface area contributed by atoms with Crippen LogP contribution in [0, 0.1) is 0 Å². The predicted molar refractivity (Wildman–Crippen MR) is 131 cm³/mol. The Balaban J connectivity index is 1.68. The molecule has 2 aromatic rings. The Labute approximate surface area is 192 Å². The molecule has 0 bridgehead atoms. The number of anilines is 1. The molecule has 0 atom stereocenters. The summed E-state index contributed by atoms with van der Waals surface area (Å²) in [4.78, 5) is 24.3. The average molecular weight is 454 g/mol. The van der Waals surface area contributed by atoms with Gasteiger partial charge in [0.2, 0.25) is 0 Å². The highest BCUT2D eigenvalue weighted by Gasteiger charge is 2.39. The Kier molecular flexibility index (Phi) is 6.92. The monoisotopic (exact) mass is 453 g/mol. The van der Waals surface area contributed by atoms with Crippen LogP contribution in [0.25, 0.3) is 0 Å². The maximum absolute atomic E-state index is 13.5. The molecule has 0 radical (unpaired) electrons. The maximum atomic E-state index is 13.5. The van der Waals surface area contributed by atoms with Crippen molar-refractivity contribution in [3.05, 3.63) is 58.5 Å². The molecule has 2 heterocycles. The zero-order valence-electron chi connectivity index (χ0n) is 18.1. The standard InChI is InChI=1S/C24H27N3O2S2/c1-4-7-16-27-22(28)21(23-26(5-2)19-10-8-9-11-20(19)30-23)31-24(27)25-17-12-14-18(15-13-17)29-6-3/h8-15H,4-7,16H2,1-3H3/b23-21-,25-24?. The first-order valence-electron chi connectivity index (χ1n) is 10.8. The van der Waals surface area contributed by atoms with Gasteiger partial charge in [-0.2, -0.15) is 0 Å². The van der Waals surface area contributed by atoms with Gasteiger partial charge in [-0.25, -0.2) is 4.99 Å². The minimum atomic E-state index is 0.0527. The summed E-state index contributed by atoms with van der Waals surface area (Å²) >= 11 is 3.16. The van der Waals surface area contributed by atoms with Crippen molar-refractivity contribution in [3.8, 4) is 5.75 Å². The summed E-state index contributed by atoms with van der Waals surface area (Å²) in [5, 5.41) is 1.76. The first-order valence-corrected chi connectivity index (χ1v) is 12.4. The number of hydrogen-bond donors (Lipinski definition) is 0. The Morgan fingerprint density at radius 2 is 1.74 bits per heavy atom. The summed E-state index contributed by atoms with van der Waals surface area (Å²) in [6, 6.07) is 16.0. The van der Waals surface area contributed by atoms with Crippen molar-refractivity contribution in [2.45, 2.75) is 38.5 Å². The number of aliphatic imine (C=N–C) groups is 1. The fourth-order valence-electron chi connectivity index (χ4n) is 3.54. The number of nitrogens with zero attached hydrogens (tertiary/aromatic N) is 3. The van der Waals surface area contributed by atoms with Crippen LogP contribution in [0.5, 0.6) is 5.75 Å². The lowest BCUT2D eigenvalue weighted by Gasteiger charge is -2.19. The Hall–Kier alpha value is -2.38. The lowest BCUT2D eigenvalue weighted by molar-refractivity contribution is -0.122. The number of rotatable bonds is 7. The molecule has 7 heteroatoms. The summed E-state index contributed by atoms with van der Waals surface area (Å²) < 4.78 is 5.53. The van der Waals surface area contributed by atoms with Crippen molar-refractivity contribution in [2.24, 2.45) is 4.99 Å². The molecule has 1 amide bonds. The number of amides is 1. The molecule has 5 nitrogen and oxygen atoms in total. The fourth-order valence-corrected chi connectivity index (χ4v) is 5.96. The highest BCUT2D eigenvalue weighted by molar-refractivity contribution is 8.19. The van der Waals surface area contributed by atoms with Gasteiger partial charge in [-0.05, 0) is 68.4 Å². The fraction of sp³-hybridized carbons (Fsp3) is 0.333. The number of hydrogen-bond acceptors (Lipinski definition) is 6. The van der Waals surface area contributed by atoms with E-state index in [1.54, 1.807) is 11.8 Å². The third-order valence-electron chi connectivity index (χ3n) is 5.09. The van der Waals surface area contributed by atoms with Gasteiger partial charge >= 0.3 is 0 Å². The van der Waals surface area contributed by atoms with Crippen molar-refractivity contribution in [1.29, 1.82) is 0 Å². The Bertz CT molecular complexity index is 1020. The van der Waals surface area contributed by atoms with Crippen LogP contribution < -0.4 is 9.64 Å². The van der Waals surface area contributed by atoms with Crippen LogP contribution in [0.2, 0.25) is 0 Å². The predicted octanol–water partition coefficient (Wildman–Crippen LogP) is 6.25. The molecule has 0 aromatic heterocycles. The number of ether oxygens (including phenoxy) is 1. The first-order chi connectivity index (χ1) is 15.2. The number of fused-ring (bicyclic) bond motifs is 1. The normalized spacial score (nSPS) is 19.5. The molecular weight excluding hydrogens is 426 g/mol. The molecule has 4 rings (SSSR count). The lowest BCUT2D eigenvalue weighted by atomic mass is 10.3. The van der Waals surface area contributed by atoms with E-state index in [4.69, 9.17) is 9.73 Å². The number of para-hydroxylation sites is 1. The van der Waals surface area contributed by atoms with E-state index in [2.05, 4.69) is 30.9 Å². The molecular formula is C24H27N3O2S2. The highest BCUT2D eigenvalue weighted by atomic mass is 32.2. The van der Waals surface area contributed by atoms with E-state index < -0.39 is 0 Å². The van der Waals surface area contributed by atoms with Gasteiger partial charge in [0.1, 0.15) is 15.7 Å². The molecule has 0 N–H and O–H groups in total. The van der Waals surface area contributed by atoms with E-state index in [1.807, 2.05) is 48.2 Å². The quantitative estimate of drug-likeness (QED) is 0.464. The molecule has 1 fully saturated rings. The van der Waals surface area contributed by atoms with Crippen molar-refractivity contribution in [3.63, 3.8) is 0 Å². The molecule has 0 unspecified atom stereocenters. The van der Waals surface area contributed by atoms with Crippen molar-refractivity contribution >= 4 is 46.0 Å². The smallest absolute Gasteiger partial charge is 0.269 e. The third-order valence-corrected chi connectivity index (χ3v) is 7.47. The molecule has 2 aliphatic rings. The summed E-state index contributed by atoms with van der Waals surface area (Å²) in [6.45, 7) is 8.35. The molecule has 1 saturated heterocycles. The number of amidine groups is 1. The van der Waals surface area contributed by atoms with Crippen LogP contribution in [-0.2, 0) is 4.79 Å². The van der Waals surface area contributed by atoms with Crippen LogP contribution in [0.3, 0.4) is 0 Å². The van der Waals surface area contributed by atoms with Crippen molar-refractivity contribution in [1.82, 2.24) is 4.90 Å². The molecule has 0 saturated carbocycles. The van der Waals surface area contributed by atoms with E-state index in [0.29, 0.717) is 13.2 Å².